The molecule has 0 amide bonds. The van der Waals surface area contributed by atoms with Gasteiger partial charge in [0.2, 0.25) is 0 Å². The third kappa shape index (κ3) is 2.63. The largest absolute Gasteiger partial charge is 0.271 e. The van der Waals surface area contributed by atoms with E-state index in [-0.39, 0.29) is 5.41 Å². The monoisotopic (exact) mass is 274 g/mol. The van der Waals surface area contributed by atoms with Crippen LogP contribution >= 0.6 is 23.2 Å². The molecular weight excluding hydrogens is 255 g/mol. The summed E-state index contributed by atoms with van der Waals surface area (Å²) < 4.78 is 1.94. The molecule has 17 heavy (non-hydrogen) atoms. The molecule has 2 atom stereocenters. The summed E-state index contributed by atoms with van der Waals surface area (Å²) in [6.45, 7) is 4.40. The van der Waals surface area contributed by atoms with Gasteiger partial charge in [0.05, 0.1) is 16.4 Å². The van der Waals surface area contributed by atoms with E-state index in [4.69, 9.17) is 23.2 Å². The Bertz CT molecular complexity index is 414. The summed E-state index contributed by atoms with van der Waals surface area (Å²) in [6.07, 6.45) is 5.26. The lowest BCUT2D eigenvalue weighted by molar-refractivity contribution is 0.326. The van der Waals surface area contributed by atoms with Gasteiger partial charge < -0.3 is 0 Å². The van der Waals surface area contributed by atoms with E-state index < -0.39 is 0 Å². The number of hydrogen-bond acceptors (Lipinski definition) is 1. The Labute approximate surface area is 113 Å². The van der Waals surface area contributed by atoms with Gasteiger partial charge in [-0.05, 0) is 37.5 Å². The van der Waals surface area contributed by atoms with E-state index in [0.29, 0.717) is 5.38 Å². The van der Waals surface area contributed by atoms with Gasteiger partial charge in [-0.15, -0.1) is 11.6 Å². The average Bonchev–Trinajstić information content (AvgIpc) is 2.73. The van der Waals surface area contributed by atoms with Gasteiger partial charge in [-0.2, -0.15) is 5.10 Å². The summed E-state index contributed by atoms with van der Waals surface area (Å²) >= 11 is 12.6. The van der Waals surface area contributed by atoms with E-state index in [1.54, 1.807) is 0 Å². The molecule has 1 aromatic rings. The molecule has 0 spiro atoms. The fourth-order valence-corrected chi connectivity index (χ4v) is 3.66. The van der Waals surface area contributed by atoms with E-state index in [2.05, 4.69) is 18.9 Å². The van der Waals surface area contributed by atoms with Crippen LogP contribution in [-0.4, -0.2) is 15.2 Å². The normalized spacial score (nSPS) is 28.9. The first kappa shape index (κ1) is 13.2. The van der Waals surface area contributed by atoms with E-state index >= 15 is 0 Å². The summed E-state index contributed by atoms with van der Waals surface area (Å²) in [5.41, 5.74) is 2.46. The topological polar surface area (TPSA) is 17.8 Å². The molecule has 0 N–H and O–H groups in total. The highest BCUT2D eigenvalue weighted by Gasteiger charge is 2.35. The first-order chi connectivity index (χ1) is 7.95. The van der Waals surface area contributed by atoms with E-state index in [0.717, 1.165) is 42.1 Å². The minimum Gasteiger partial charge on any atom is -0.271 e. The lowest BCUT2D eigenvalue weighted by Gasteiger charge is -2.23. The van der Waals surface area contributed by atoms with E-state index in [9.17, 15) is 0 Å². The maximum absolute atomic E-state index is 6.39. The van der Waals surface area contributed by atoms with Crippen molar-refractivity contribution in [1.29, 1.82) is 0 Å². The van der Waals surface area contributed by atoms with Gasteiger partial charge in [0.15, 0.2) is 0 Å². The molecule has 2 unspecified atom stereocenters. The van der Waals surface area contributed by atoms with Crippen molar-refractivity contribution in [3.8, 4) is 0 Å². The Balaban J connectivity index is 2.21. The predicted octanol–water partition coefficient (Wildman–Crippen LogP) is 3.98. The molecule has 0 radical (unpaired) electrons. The lowest BCUT2D eigenvalue weighted by Crippen LogP contribution is -2.18. The zero-order chi connectivity index (χ0) is 12.6. The van der Waals surface area contributed by atoms with Crippen LogP contribution in [0, 0.1) is 5.41 Å². The Kier molecular flexibility index (Phi) is 3.74. The van der Waals surface area contributed by atoms with Gasteiger partial charge in [-0.3, -0.25) is 4.68 Å². The molecule has 1 aliphatic rings. The van der Waals surface area contributed by atoms with Gasteiger partial charge >= 0.3 is 0 Å². The number of aryl methyl sites for hydroxylation is 2. The standard InChI is InChI=1S/C13H20Cl2N2/c1-4-10-12(15)11(17(3)16-10)8-13(2)6-5-9(14)7-13/h9H,4-8H2,1-3H3. The second-order valence-electron chi connectivity index (χ2n) is 5.51. The molecular formula is C13H20Cl2N2. The van der Waals surface area contributed by atoms with Gasteiger partial charge in [0.25, 0.3) is 0 Å². The van der Waals surface area contributed by atoms with Gasteiger partial charge in [-0.1, -0.05) is 25.4 Å². The molecule has 1 fully saturated rings. The van der Waals surface area contributed by atoms with Crippen LogP contribution in [0.25, 0.3) is 0 Å². The number of rotatable bonds is 3. The molecule has 0 saturated heterocycles. The number of hydrogen-bond donors (Lipinski definition) is 0. The number of aromatic nitrogens is 2. The van der Waals surface area contributed by atoms with E-state index in [1.165, 1.54) is 6.42 Å². The van der Waals surface area contributed by atoms with Crippen LogP contribution < -0.4 is 0 Å². The van der Waals surface area contributed by atoms with Crippen LogP contribution in [0.5, 0.6) is 0 Å². The van der Waals surface area contributed by atoms with Crippen LogP contribution in [-0.2, 0) is 19.9 Å². The van der Waals surface area contributed by atoms with Crippen LogP contribution in [0.4, 0.5) is 0 Å². The summed E-state index contributed by atoms with van der Waals surface area (Å²) in [5, 5.41) is 5.66. The highest BCUT2D eigenvalue weighted by atomic mass is 35.5. The molecule has 0 aliphatic heterocycles. The highest BCUT2D eigenvalue weighted by Crippen LogP contribution is 2.43. The molecule has 2 nitrogen and oxygen atoms in total. The lowest BCUT2D eigenvalue weighted by atomic mass is 9.84. The summed E-state index contributed by atoms with van der Waals surface area (Å²) in [4.78, 5) is 0. The molecule has 2 rings (SSSR count). The fraction of sp³-hybridized carbons (Fsp3) is 0.769. The first-order valence-electron chi connectivity index (χ1n) is 6.29. The van der Waals surface area contributed by atoms with Crippen LogP contribution in [0.15, 0.2) is 0 Å². The second-order valence-corrected chi connectivity index (χ2v) is 6.51. The van der Waals surface area contributed by atoms with E-state index in [1.807, 2.05) is 11.7 Å². The van der Waals surface area contributed by atoms with Crippen LogP contribution in [0.3, 0.4) is 0 Å². The molecule has 96 valence electrons. The van der Waals surface area contributed by atoms with Crippen molar-refractivity contribution < 1.29 is 0 Å². The number of alkyl halides is 1. The maximum Gasteiger partial charge on any atom is 0.0849 e. The molecule has 4 heteroatoms. The van der Waals surface area contributed by atoms with Crippen molar-refractivity contribution in [2.45, 2.75) is 51.3 Å². The third-order valence-electron chi connectivity index (χ3n) is 3.87. The van der Waals surface area contributed by atoms with Crippen molar-refractivity contribution in [2.75, 3.05) is 0 Å². The Hall–Kier alpha value is -0.210. The van der Waals surface area contributed by atoms with Gasteiger partial charge in [0, 0.05) is 12.4 Å². The minimum atomic E-state index is 0.287. The summed E-state index contributed by atoms with van der Waals surface area (Å²) in [5.74, 6) is 0. The van der Waals surface area contributed by atoms with Crippen molar-refractivity contribution in [1.82, 2.24) is 9.78 Å². The average molecular weight is 275 g/mol. The smallest absolute Gasteiger partial charge is 0.0849 e. The van der Waals surface area contributed by atoms with Crippen LogP contribution in [0.2, 0.25) is 5.02 Å². The highest BCUT2D eigenvalue weighted by molar-refractivity contribution is 6.31. The van der Waals surface area contributed by atoms with Crippen molar-refractivity contribution in [2.24, 2.45) is 12.5 Å². The Morgan fingerprint density at radius 3 is 2.71 bits per heavy atom. The second kappa shape index (κ2) is 4.81. The predicted molar refractivity (Wildman–Crippen MR) is 72.9 cm³/mol. The Morgan fingerprint density at radius 2 is 2.24 bits per heavy atom. The molecule has 1 saturated carbocycles. The third-order valence-corrected chi connectivity index (χ3v) is 4.68. The Morgan fingerprint density at radius 1 is 1.53 bits per heavy atom. The van der Waals surface area contributed by atoms with Crippen molar-refractivity contribution in [3.63, 3.8) is 0 Å². The molecule has 0 aromatic carbocycles. The van der Waals surface area contributed by atoms with Crippen LogP contribution in [0.1, 0.15) is 44.5 Å². The fourth-order valence-electron chi connectivity index (χ4n) is 2.82. The van der Waals surface area contributed by atoms with Crippen molar-refractivity contribution >= 4 is 23.2 Å². The maximum atomic E-state index is 6.39. The molecule has 1 heterocycles. The molecule has 1 aliphatic carbocycles. The zero-order valence-corrected chi connectivity index (χ0v) is 12.3. The summed E-state index contributed by atoms with van der Waals surface area (Å²) in [6, 6.07) is 0. The minimum absolute atomic E-state index is 0.287. The SMILES string of the molecule is CCc1nn(C)c(CC2(C)CCC(Cl)C2)c1Cl. The number of nitrogens with zero attached hydrogens (tertiary/aromatic N) is 2. The zero-order valence-electron chi connectivity index (χ0n) is 10.8. The first-order valence-corrected chi connectivity index (χ1v) is 7.11. The summed E-state index contributed by atoms with van der Waals surface area (Å²) in [7, 11) is 1.98. The van der Waals surface area contributed by atoms with Gasteiger partial charge in [-0.25, -0.2) is 0 Å². The number of halogens is 2. The van der Waals surface area contributed by atoms with Gasteiger partial charge in [0.1, 0.15) is 0 Å². The molecule has 1 aromatic heterocycles. The van der Waals surface area contributed by atoms with Crippen molar-refractivity contribution in [3.05, 3.63) is 16.4 Å². The molecule has 0 bridgehead atoms. The quantitative estimate of drug-likeness (QED) is 0.763.